The maximum absolute atomic E-state index is 12.7. The zero-order valence-electron chi connectivity index (χ0n) is 30.8. The van der Waals surface area contributed by atoms with Gasteiger partial charge in [0.2, 0.25) is 0 Å². The summed E-state index contributed by atoms with van der Waals surface area (Å²) in [5.41, 5.74) is 3.85. The molecule has 1 aromatic carbocycles. The van der Waals surface area contributed by atoms with E-state index in [-0.39, 0.29) is 36.8 Å². The monoisotopic (exact) mass is 643 g/mol. The molecule has 0 saturated carbocycles. The number of hydrogen-bond donors (Lipinski definition) is 2. The van der Waals surface area contributed by atoms with Gasteiger partial charge in [0, 0.05) is 17.9 Å². The minimum atomic E-state index is -1.16. The van der Waals surface area contributed by atoms with Crippen LogP contribution in [0.3, 0.4) is 0 Å². The molecule has 1 aliphatic heterocycles. The van der Waals surface area contributed by atoms with E-state index >= 15 is 0 Å². The number of amides is 1. The molecule has 0 bridgehead atoms. The molecule has 1 amide bonds. The number of benzene rings is 1. The fraction of sp³-hybridized carbons (Fsp3) is 0.769. The molecule has 262 valence electrons. The molecule has 4 atom stereocenters. The molecule has 2 N–H and O–H groups in total. The molecule has 0 aliphatic carbocycles. The van der Waals surface area contributed by atoms with Crippen molar-refractivity contribution in [3.05, 3.63) is 22.3 Å². The van der Waals surface area contributed by atoms with Gasteiger partial charge >= 0.3 is 5.97 Å². The number of hydrogen-bond acceptors (Lipinski definition) is 5. The Morgan fingerprint density at radius 1 is 0.848 bits per heavy atom. The van der Waals surface area contributed by atoms with Crippen LogP contribution in [0.4, 0.5) is 0 Å². The number of Topliss-reactive ketones (excluding diaryl/α,β-unsaturated/α-hetero) is 1. The van der Waals surface area contributed by atoms with E-state index < -0.39 is 17.9 Å². The lowest BCUT2D eigenvalue weighted by atomic mass is 9.83. The predicted molar refractivity (Wildman–Crippen MR) is 187 cm³/mol. The lowest BCUT2D eigenvalue weighted by Gasteiger charge is -2.38. The van der Waals surface area contributed by atoms with Crippen LogP contribution >= 0.6 is 0 Å². The zero-order valence-corrected chi connectivity index (χ0v) is 30.8. The molecule has 7 nitrogen and oxygen atoms in total. The van der Waals surface area contributed by atoms with Gasteiger partial charge in [-0.15, -0.1) is 0 Å². The van der Waals surface area contributed by atoms with Crippen LogP contribution in [0.1, 0.15) is 148 Å². The van der Waals surface area contributed by atoms with E-state index in [9.17, 15) is 19.5 Å². The average Bonchev–Trinajstić information content (AvgIpc) is 2.97. The lowest BCUT2D eigenvalue weighted by molar-refractivity contribution is -0.142. The van der Waals surface area contributed by atoms with Crippen LogP contribution < -0.4 is 14.8 Å². The summed E-state index contributed by atoms with van der Waals surface area (Å²) in [7, 11) is 0. The standard InChI is InChI=1S/C39H65NO6/c1-25(2)14-11-15-27(5)16-12-17-28(6)18-13-22-39(10)23-21-32-31(9)36(29(7)30(8)37(32)46-39)45-24-35(42)40-33(38(43)44)19-20-34(41)26(3)4/h25-28,33H,11-24H2,1-10H3,(H,40,42)(H,43,44)/t27-,28-,33+,39-/m1/s1. The number of ketones is 1. The molecule has 1 heterocycles. The summed E-state index contributed by atoms with van der Waals surface area (Å²) < 4.78 is 12.8. The van der Waals surface area contributed by atoms with E-state index in [1.807, 2.05) is 20.8 Å². The minimum Gasteiger partial charge on any atom is -0.487 e. The quantitative estimate of drug-likeness (QED) is 0.139. The fourth-order valence-corrected chi connectivity index (χ4v) is 6.68. The van der Waals surface area contributed by atoms with E-state index in [0.717, 1.165) is 71.4 Å². The number of aliphatic carboxylic acids is 1. The van der Waals surface area contributed by atoms with Crippen LogP contribution in [0, 0.1) is 44.4 Å². The Kier molecular flexibility index (Phi) is 16.1. The molecule has 0 spiro atoms. The van der Waals surface area contributed by atoms with E-state index in [4.69, 9.17) is 9.47 Å². The number of carboxylic acids is 1. The van der Waals surface area contributed by atoms with Gasteiger partial charge in [-0.2, -0.15) is 0 Å². The molecule has 0 unspecified atom stereocenters. The molecular formula is C39H65NO6. The summed E-state index contributed by atoms with van der Waals surface area (Å²) in [6, 6.07) is -1.13. The number of nitrogens with one attached hydrogen (secondary N) is 1. The molecule has 0 aromatic heterocycles. The summed E-state index contributed by atoms with van der Waals surface area (Å²) in [6.45, 7) is 21.0. The Labute approximate surface area is 280 Å². The maximum atomic E-state index is 12.7. The third-order valence-corrected chi connectivity index (χ3v) is 10.1. The zero-order chi connectivity index (χ0) is 34.6. The minimum absolute atomic E-state index is 0.0244. The Morgan fingerprint density at radius 2 is 1.43 bits per heavy atom. The number of carboxylic acid groups (broad SMARTS) is 1. The number of ether oxygens (including phenoxy) is 2. The summed E-state index contributed by atoms with van der Waals surface area (Å²) in [4.78, 5) is 36.3. The highest BCUT2D eigenvalue weighted by Crippen LogP contribution is 2.45. The summed E-state index contributed by atoms with van der Waals surface area (Å²) in [5, 5.41) is 12.1. The van der Waals surface area contributed by atoms with Crippen LogP contribution in [0.25, 0.3) is 0 Å². The molecular weight excluding hydrogens is 578 g/mol. The first-order valence-corrected chi connectivity index (χ1v) is 18.0. The molecule has 46 heavy (non-hydrogen) atoms. The SMILES string of the molecule is Cc1c(C)c2c(c(C)c1OCC(=O)N[C@@H](CCC(=O)C(C)C)C(=O)O)CC[C@@](C)(CCC[C@H](C)CCC[C@H](C)CCCC(C)C)O2. The average molecular weight is 644 g/mol. The van der Waals surface area contributed by atoms with Gasteiger partial charge in [-0.3, -0.25) is 9.59 Å². The molecule has 1 aromatic rings. The highest BCUT2D eigenvalue weighted by atomic mass is 16.5. The van der Waals surface area contributed by atoms with Crippen LogP contribution in [-0.4, -0.2) is 41.0 Å². The van der Waals surface area contributed by atoms with E-state index in [0.29, 0.717) is 5.75 Å². The first-order chi connectivity index (χ1) is 21.5. The van der Waals surface area contributed by atoms with Crippen molar-refractivity contribution in [2.24, 2.45) is 23.7 Å². The Balaban J connectivity index is 1.90. The van der Waals surface area contributed by atoms with Crippen molar-refractivity contribution in [2.45, 2.75) is 164 Å². The van der Waals surface area contributed by atoms with E-state index in [1.54, 1.807) is 13.8 Å². The predicted octanol–water partition coefficient (Wildman–Crippen LogP) is 9.09. The number of carbonyl (C=O) groups excluding carboxylic acids is 2. The molecule has 0 saturated heterocycles. The molecule has 0 radical (unpaired) electrons. The fourth-order valence-electron chi connectivity index (χ4n) is 6.68. The van der Waals surface area contributed by atoms with Crippen LogP contribution in [0.5, 0.6) is 11.5 Å². The normalized spacial score (nSPS) is 18.1. The van der Waals surface area contributed by atoms with Crippen molar-refractivity contribution in [3.63, 3.8) is 0 Å². The van der Waals surface area contributed by atoms with Crippen molar-refractivity contribution in [2.75, 3.05) is 6.61 Å². The van der Waals surface area contributed by atoms with Crippen LogP contribution in [0.2, 0.25) is 0 Å². The topological polar surface area (TPSA) is 102 Å². The molecule has 1 aliphatic rings. The van der Waals surface area contributed by atoms with Gasteiger partial charge in [0.1, 0.15) is 28.9 Å². The largest absolute Gasteiger partial charge is 0.487 e. The van der Waals surface area contributed by atoms with Gasteiger partial charge in [-0.25, -0.2) is 4.79 Å². The van der Waals surface area contributed by atoms with Crippen LogP contribution in [-0.2, 0) is 20.8 Å². The van der Waals surface area contributed by atoms with E-state index in [2.05, 4.69) is 39.9 Å². The smallest absolute Gasteiger partial charge is 0.326 e. The molecule has 0 fully saturated rings. The highest BCUT2D eigenvalue weighted by Gasteiger charge is 2.34. The van der Waals surface area contributed by atoms with Gasteiger partial charge in [-0.05, 0) is 94.2 Å². The van der Waals surface area contributed by atoms with Crippen molar-refractivity contribution in [1.82, 2.24) is 5.32 Å². The molecule has 7 heteroatoms. The summed E-state index contributed by atoms with van der Waals surface area (Å²) in [6.07, 6.45) is 13.5. The highest BCUT2D eigenvalue weighted by molar-refractivity contribution is 5.85. The van der Waals surface area contributed by atoms with Crippen molar-refractivity contribution in [3.8, 4) is 11.5 Å². The first kappa shape index (κ1) is 39.6. The Bertz CT molecular complexity index is 1160. The Hall–Kier alpha value is -2.57. The van der Waals surface area contributed by atoms with Gasteiger partial charge < -0.3 is 19.9 Å². The number of fused-ring (bicyclic) bond motifs is 1. The summed E-state index contributed by atoms with van der Waals surface area (Å²) in [5.74, 6) is 2.11. The molecule has 2 rings (SSSR count). The van der Waals surface area contributed by atoms with E-state index in [1.165, 1.54) is 44.9 Å². The third-order valence-electron chi connectivity index (χ3n) is 10.1. The van der Waals surface area contributed by atoms with Crippen molar-refractivity contribution >= 4 is 17.7 Å². The summed E-state index contributed by atoms with van der Waals surface area (Å²) >= 11 is 0. The van der Waals surface area contributed by atoms with Gasteiger partial charge in [-0.1, -0.05) is 86.5 Å². The first-order valence-electron chi connectivity index (χ1n) is 18.0. The number of carbonyl (C=O) groups is 3. The second kappa shape index (κ2) is 18.7. The van der Waals surface area contributed by atoms with Crippen molar-refractivity contribution in [1.29, 1.82) is 0 Å². The Morgan fingerprint density at radius 3 is 2.00 bits per heavy atom. The van der Waals surface area contributed by atoms with Gasteiger partial charge in [0.15, 0.2) is 6.61 Å². The lowest BCUT2D eigenvalue weighted by Crippen LogP contribution is -2.43. The van der Waals surface area contributed by atoms with Crippen LogP contribution in [0.15, 0.2) is 0 Å². The van der Waals surface area contributed by atoms with Gasteiger partial charge in [0.05, 0.1) is 0 Å². The number of rotatable bonds is 21. The van der Waals surface area contributed by atoms with Crippen molar-refractivity contribution < 1.29 is 29.0 Å². The third kappa shape index (κ3) is 12.6. The second-order valence-corrected chi connectivity index (χ2v) is 15.3. The van der Waals surface area contributed by atoms with Gasteiger partial charge in [0.25, 0.3) is 5.91 Å². The second-order valence-electron chi connectivity index (χ2n) is 15.3. The maximum Gasteiger partial charge on any atom is 0.326 e.